The van der Waals surface area contributed by atoms with Gasteiger partial charge >= 0.3 is 12.4 Å². The first-order valence-corrected chi connectivity index (χ1v) is 46.4. The van der Waals surface area contributed by atoms with Gasteiger partial charge in [-0.2, -0.15) is 26.3 Å². The molecular formula is C106H128Cl4F8N18. The Labute approximate surface area is 810 Å². The van der Waals surface area contributed by atoms with Gasteiger partial charge in [-0.3, -0.25) is 0 Å². The van der Waals surface area contributed by atoms with Crippen LogP contribution < -0.4 is 0 Å². The van der Waals surface area contributed by atoms with Crippen molar-refractivity contribution < 1.29 is 35.1 Å². The number of alkyl halides is 6. The monoisotopic (exact) mass is 1940 g/mol. The van der Waals surface area contributed by atoms with Gasteiger partial charge in [0, 0.05) is 70.9 Å². The number of hydrogen-bond acceptors (Lipinski definition) is 9. The van der Waals surface area contributed by atoms with Crippen LogP contribution in [0, 0.1) is 46.3 Å². The third-order valence-corrected chi connectivity index (χ3v) is 22.4. The summed E-state index contributed by atoms with van der Waals surface area (Å²) in [5.74, 6) is 7.10. The molecule has 0 unspecified atom stereocenters. The first-order valence-electron chi connectivity index (χ1n) is 44.9. The summed E-state index contributed by atoms with van der Waals surface area (Å²) in [5.41, 5.74) is 17.3. The van der Waals surface area contributed by atoms with Gasteiger partial charge in [0.25, 0.3) is 0 Å². The maximum atomic E-state index is 13.2. The molecule has 0 bridgehead atoms. The van der Waals surface area contributed by atoms with Gasteiger partial charge < -0.3 is 44.9 Å². The maximum absolute atomic E-state index is 13.2. The van der Waals surface area contributed by atoms with Crippen molar-refractivity contribution in [2.45, 2.75) is 283 Å². The number of benzene rings is 9. The number of fused-ring (bicyclic) bond motifs is 9. The minimum absolute atomic E-state index is 0.00183. The zero-order chi connectivity index (χ0) is 102. The number of imidazole rings is 9. The predicted molar refractivity (Wildman–Crippen MR) is 547 cm³/mol. The van der Waals surface area contributed by atoms with Crippen LogP contribution >= 0.6 is 46.4 Å². The topological polar surface area (TPSA) is 258 Å². The molecule has 9 aromatic carbocycles. The van der Waals surface area contributed by atoms with Crippen molar-refractivity contribution >= 4 is 146 Å². The summed E-state index contributed by atoms with van der Waals surface area (Å²) in [6, 6.07) is 41.7. The first-order chi connectivity index (χ1) is 62.3. The van der Waals surface area contributed by atoms with Gasteiger partial charge in [0.1, 0.15) is 75.1 Å². The molecule has 726 valence electrons. The molecule has 0 amide bonds. The lowest BCUT2D eigenvalue weighted by Gasteiger charge is -2.13. The molecule has 18 rings (SSSR count). The second kappa shape index (κ2) is 40.1. The molecule has 18 nitrogen and oxygen atoms in total. The normalized spacial score (nSPS) is 12.6. The molecule has 9 N–H and O–H groups in total. The van der Waals surface area contributed by atoms with E-state index in [0.717, 1.165) is 118 Å². The van der Waals surface area contributed by atoms with Crippen LogP contribution in [0.2, 0.25) is 20.1 Å². The zero-order valence-corrected chi connectivity index (χ0v) is 86.9. The predicted octanol–water partition coefficient (Wildman–Crippen LogP) is 32.2. The Hall–Kier alpha value is -11.2. The summed E-state index contributed by atoms with van der Waals surface area (Å²) < 4.78 is 104. The summed E-state index contributed by atoms with van der Waals surface area (Å²) in [6.45, 7) is 65.6. The van der Waals surface area contributed by atoms with Crippen molar-refractivity contribution in [3.8, 4) is 0 Å². The molecule has 0 saturated carbocycles. The summed E-state index contributed by atoms with van der Waals surface area (Å²) in [5, 5.41) is 1.69. The van der Waals surface area contributed by atoms with E-state index >= 15 is 0 Å². The SMILES string of the molecule is CC(C)(C)c1nc2cc(Cl)c(F)cc2[nH]1.CC(C)(C)c1nc2cc(Cl)c(F)cc2[nH]1.CC(C)(C)c1nc2ccc(Cl)cc2[nH]1.CC(C)(C)c1nc2ccc(Cl)cc2[nH]1.Cc1cc(C(F)(F)F)c2nc(C(C)(C)C)[nH]c2c1.Cc1cc(C(F)(F)F)c2nc(C(C)(C)C)[nH]c2c1.Cc1ccc2nc(C(C)(C)C)[nH]c2c1.Cc1ccc2nc(C(C)(C)C)[nH]c2c1.Cc1ccc2nc(C(C)(C)C)[nH]c2c1. The highest BCUT2D eigenvalue weighted by molar-refractivity contribution is 6.32. The van der Waals surface area contributed by atoms with Gasteiger partial charge in [0.15, 0.2) is 0 Å². The van der Waals surface area contributed by atoms with Gasteiger partial charge in [0.05, 0.1) is 109 Å². The molecule has 0 fully saturated rings. The Kier molecular flexibility index (Phi) is 31.5. The second-order valence-corrected chi connectivity index (χ2v) is 45.6. The van der Waals surface area contributed by atoms with E-state index in [-0.39, 0.29) is 69.8 Å². The second-order valence-electron chi connectivity index (χ2n) is 43.9. The molecule has 0 radical (unpaired) electrons. The Morgan fingerprint density at radius 2 is 0.390 bits per heavy atom. The molecule has 0 spiro atoms. The molecule has 30 heteroatoms. The lowest BCUT2D eigenvalue weighted by molar-refractivity contribution is -0.137. The van der Waals surface area contributed by atoms with Crippen LogP contribution in [0.1, 0.15) is 278 Å². The fourth-order valence-corrected chi connectivity index (χ4v) is 14.2. The van der Waals surface area contributed by atoms with Gasteiger partial charge in [-0.15, -0.1) is 0 Å². The van der Waals surface area contributed by atoms with Crippen LogP contribution in [-0.4, -0.2) is 89.7 Å². The standard InChI is InChI=1S/2C13H15F3N2.3C12H16N2.2C11H12ClFN2.2C11H13ClN2/c2*1-7-5-8(13(14,15)16)10-9(6-7)17-11(18-10)12(2,3)4;3*1-8-5-6-9-10(7-8)14-11(13-9)12(2,3)4;2*1-11(2,3)10-14-8-4-6(12)7(13)5-9(8)15-10;2*1-11(2,3)10-13-8-5-4-7(12)6-9(8)14-10/h2*5-6H,1-4H3,(H,17,18);3*5-7H,1-4H3,(H,13,14);2*4-5H,1-3H3,(H,14,15);2*4-6H,1-3H3,(H,13,14). The highest BCUT2D eigenvalue weighted by atomic mass is 35.5. The highest BCUT2D eigenvalue weighted by Crippen LogP contribution is 2.40. The number of aromatic amines is 9. The molecule has 0 aliphatic heterocycles. The van der Waals surface area contributed by atoms with Crippen molar-refractivity contribution in [2.75, 3.05) is 0 Å². The van der Waals surface area contributed by atoms with Crippen molar-refractivity contribution in [3.63, 3.8) is 0 Å². The Morgan fingerprint density at radius 3 is 0.610 bits per heavy atom. The summed E-state index contributed by atoms with van der Waals surface area (Å²) >= 11 is 23.2. The molecule has 9 heterocycles. The minimum Gasteiger partial charge on any atom is -0.342 e. The molecular weight excluding hydrogens is 1820 g/mol. The average molecular weight is 1950 g/mol. The van der Waals surface area contributed by atoms with Crippen LogP contribution in [0.25, 0.3) is 99.3 Å². The molecule has 136 heavy (non-hydrogen) atoms. The van der Waals surface area contributed by atoms with Crippen LogP contribution in [0.4, 0.5) is 35.1 Å². The molecule has 0 aliphatic carbocycles. The van der Waals surface area contributed by atoms with Crippen molar-refractivity contribution in [2.24, 2.45) is 0 Å². The number of H-pyrrole nitrogens is 9. The van der Waals surface area contributed by atoms with Crippen LogP contribution in [0.3, 0.4) is 0 Å². The van der Waals surface area contributed by atoms with Crippen LogP contribution in [0.15, 0.2) is 140 Å². The van der Waals surface area contributed by atoms with Crippen LogP contribution in [-0.2, 0) is 61.1 Å². The number of hydrogen-bond donors (Lipinski definition) is 9. The van der Waals surface area contributed by atoms with Gasteiger partial charge in [0.2, 0.25) is 0 Å². The van der Waals surface area contributed by atoms with Crippen molar-refractivity contribution in [1.29, 1.82) is 0 Å². The van der Waals surface area contributed by atoms with E-state index in [2.05, 4.69) is 269 Å². The fourth-order valence-electron chi connectivity index (χ4n) is 13.5. The number of rotatable bonds is 0. The summed E-state index contributed by atoms with van der Waals surface area (Å²) in [4.78, 5) is 68.5. The lowest BCUT2D eigenvalue weighted by Crippen LogP contribution is -2.13. The van der Waals surface area contributed by atoms with E-state index in [4.69, 9.17) is 46.4 Å². The average Bonchev–Trinajstić information content (AvgIpc) is 1.61. The van der Waals surface area contributed by atoms with Gasteiger partial charge in [-0.1, -0.05) is 252 Å². The quantitative estimate of drug-likeness (QED) is 0.0653. The Morgan fingerprint density at radius 1 is 0.206 bits per heavy atom. The Balaban J connectivity index is 0.000000158. The summed E-state index contributed by atoms with van der Waals surface area (Å²) in [7, 11) is 0. The van der Waals surface area contributed by atoms with E-state index in [1.54, 1.807) is 26.0 Å². The van der Waals surface area contributed by atoms with Crippen molar-refractivity contribution in [3.05, 3.63) is 263 Å². The molecule has 0 atom stereocenters. The lowest BCUT2D eigenvalue weighted by atomic mass is 9.96. The molecule has 0 aliphatic rings. The number of nitrogens with one attached hydrogen (secondary N) is 9. The van der Waals surface area contributed by atoms with E-state index in [9.17, 15) is 35.1 Å². The van der Waals surface area contributed by atoms with Gasteiger partial charge in [-0.05, 0) is 172 Å². The third kappa shape index (κ3) is 27.8. The van der Waals surface area contributed by atoms with Crippen LogP contribution in [0.5, 0.6) is 0 Å². The van der Waals surface area contributed by atoms with Gasteiger partial charge in [-0.25, -0.2) is 53.6 Å². The Bertz CT molecular complexity index is 6440. The van der Waals surface area contributed by atoms with E-state index in [0.29, 0.717) is 55.9 Å². The number of nitrogens with zero attached hydrogens (tertiary/aromatic N) is 9. The fraction of sp³-hybridized carbons (Fsp3) is 0.406. The maximum Gasteiger partial charge on any atom is 0.418 e. The van der Waals surface area contributed by atoms with E-state index < -0.39 is 35.1 Å². The van der Waals surface area contributed by atoms with E-state index in [1.165, 1.54) is 41.0 Å². The molecule has 0 saturated heterocycles. The summed E-state index contributed by atoms with van der Waals surface area (Å²) in [6.07, 6.45) is -8.76. The minimum atomic E-state index is -4.38. The number of aryl methyl sites for hydroxylation is 5. The largest absolute Gasteiger partial charge is 0.418 e. The first kappa shape index (κ1) is 107. The number of aromatic nitrogens is 18. The molecule has 9 aromatic heterocycles. The highest BCUT2D eigenvalue weighted by Gasteiger charge is 2.37. The smallest absolute Gasteiger partial charge is 0.342 e. The molecule has 18 aromatic rings. The van der Waals surface area contributed by atoms with Crippen molar-refractivity contribution in [1.82, 2.24) is 89.7 Å². The number of halogens is 12. The third-order valence-electron chi connectivity index (χ3n) is 21.3. The van der Waals surface area contributed by atoms with E-state index in [1.807, 2.05) is 119 Å². The zero-order valence-electron chi connectivity index (χ0n) is 83.8.